The van der Waals surface area contributed by atoms with Gasteiger partial charge in [-0.2, -0.15) is 26.3 Å². The third kappa shape index (κ3) is 4.67. The Morgan fingerprint density at radius 3 is 2.25 bits per heavy atom. The Morgan fingerprint density at radius 2 is 1.71 bits per heavy atom. The Kier molecular flexibility index (Phi) is 5.56. The Balaban J connectivity index is 2.15. The number of hydrogen-bond donors (Lipinski definition) is 1. The summed E-state index contributed by atoms with van der Waals surface area (Å²) in [7, 11) is 0. The van der Waals surface area contributed by atoms with E-state index in [-0.39, 0.29) is 11.7 Å². The van der Waals surface area contributed by atoms with E-state index in [0.717, 1.165) is 0 Å². The minimum atomic E-state index is -5.44. The Bertz CT molecular complexity index is 699. The van der Waals surface area contributed by atoms with Gasteiger partial charge in [-0.05, 0) is 17.7 Å². The van der Waals surface area contributed by atoms with E-state index >= 15 is 0 Å². The number of nitrogens with one attached hydrogen (secondary N) is 1. The average Bonchev–Trinajstić information content (AvgIpc) is 2.82. The summed E-state index contributed by atoms with van der Waals surface area (Å²) in [4.78, 5) is 2.63. The summed E-state index contributed by atoms with van der Waals surface area (Å²) >= 11 is 12.0. The van der Waals surface area contributed by atoms with Crippen LogP contribution in [0.25, 0.3) is 0 Å². The molecule has 24 heavy (non-hydrogen) atoms. The molecule has 0 spiro atoms. The van der Waals surface area contributed by atoms with E-state index in [2.05, 4.69) is 10.3 Å². The number of rotatable bonds is 4. The molecule has 0 fully saturated rings. The predicted molar refractivity (Wildman–Crippen MR) is 80.8 cm³/mol. The SMILES string of the molecule is FC(F)(F)C(c1cnc(NCc2ccc(Cl)cc2Cl)s1)C(F)(F)F. The number of aromatic nitrogens is 1. The highest BCUT2D eigenvalue weighted by Crippen LogP contribution is 2.48. The first-order valence-electron chi connectivity index (χ1n) is 6.25. The molecule has 0 bridgehead atoms. The van der Waals surface area contributed by atoms with Gasteiger partial charge in [0.2, 0.25) is 0 Å². The van der Waals surface area contributed by atoms with Crippen molar-refractivity contribution in [3.63, 3.8) is 0 Å². The fraction of sp³-hybridized carbons (Fsp3) is 0.308. The number of hydrogen-bond acceptors (Lipinski definition) is 3. The van der Waals surface area contributed by atoms with Crippen molar-refractivity contribution in [1.82, 2.24) is 4.98 Å². The summed E-state index contributed by atoms with van der Waals surface area (Å²) in [5.41, 5.74) is 0.570. The lowest BCUT2D eigenvalue weighted by atomic mass is 10.1. The summed E-state index contributed by atoms with van der Waals surface area (Å²) in [5.74, 6) is -3.56. The van der Waals surface area contributed by atoms with Gasteiger partial charge in [-0.25, -0.2) is 4.98 Å². The molecule has 11 heteroatoms. The van der Waals surface area contributed by atoms with Crippen molar-refractivity contribution in [2.24, 2.45) is 0 Å². The van der Waals surface area contributed by atoms with Crippen LogP contribution >= 0.6 is 34.5 Å². The summed E-state index contributed by atoms with van der Waals surface area (Å²) in [6.45, 7) is 0.0751. The number of thiazole rings is 1. The van der Waals surface area contributed by atoms with Crippen molar-refractivity contribution >= 4 is 39.7 Å². The standard InChI is InChI=1S/C13H8Cl2F6N2S/c14-7-2-1-6(8(15)3-7)4-22-11-23-5-9(24-11)10(12(16,17)18)13(19,20)21/h1-3,5,10H,4H2,(H,22,23). The molecule has 0 saturated heterocycles. The zero-order valence-corrected chi connectivity index (χ0v) is 13.8. The lowest BCUT2D eigenvalue weighted by Crippen LogP contribution is -2.33. The van der Waals surface area contributed by atoms with Gasteiger partial charge in [0, 0.05) is 27.7 Å². The maximum Gasteiger partial charge on any atom is 0.405 e. The van der Waals surface area contributed by atoms with Crippen molar-refractivity contribution in [2.75, 3.05) is 5.32 Å². The van der Waals surface area contributed by atoms with E-state index in [0.29, 0.717) is 33.1 Å². The van der Waals surface area contributed by atoms with Gasteiger partial charge in [-0.3, -0.25) is 0 Å². The first-order valence-corrected chi connectivity index (χ1v) is 7.82. The zero-order valence-electron chi connectivity index (χ0n) is 11.5. The quantitative estimate of drug-likeness (QED) is 0.602. The van der Waals surface area contributed by atoms with Gasteiger partial charge >= 0.3 is 12.4 Å². The Labute approximate surface area is 146 Å². The molecular weight excluding hydrogens is 401 g/mol. The average molecular weight is 409 g/mol. The third-order valence-corrected chi connectivity index (χ3v) is 4.51. The maximum absolute atomic E-state index is 12.7. The molecule has 2 nitrogen and oxygen atoms in total. The molecule has 0 atom stereocenters. The van der Waals surface area contributed by atoms with Crippen LogP contribution in [0.5, 0.6) is 0 Å². The normalized spacial score (nSPS) is 12.7. The summed E-state index contributed by atoms with van der Waals surface area (Å²) in [6, 6.07) is 4.61. The molecule has 1 aromatic carbocycles. The second kappa shape index (κ2) is 6.97. The molecule has 0 amide bonds. The van der Waals surface area contributed by atoms with Crippen molar-refractivity contribution in [1.29, 1.82) is 0 Å². The van der Waals surface area contributed by atoms with E-state index in [1.165, 1.54) is 6.07 Å². The molecule has 1 aromatic heterocycles. The highest BCUT2D eigenvalue weighted by Gasteiger charge is 2.58. The van der Waals surface area contributed by atoms with Crippen molar-refractivity contribution in [3.8, 4) is 0 Å². The van der Waals surface area contributed by atoms with Gasteiger partial charge in [0.15, 0.2) is 11.0 Å². The third-order valence-electron chi connectivity index (χ3n) is 2.91. The Hall–Kier alpha value is -1.19. The van der Waals surface area contributed by atoms with Crippen LogP contribution in [0.2, 0.25) is 10.0 Å². The van der Waals surface area contributed by atoms with Gasteiger partial charge in [-0.15, -0.1) is 11.3 Å². The van der Waals surface area contributed by atoms with Crippen LogP contribution in [-0.2, 0) is 6.54 Å². The van der Waals surface area contributed by atoms with E-state index in [1.807, 2.05) is 0 Å². The van der Waals surface area contributed by atoms with Gasteiger partial charge in [0.05, 0.1) is 0 Å². The fourth-order valence-electron chi connectivity index (χ4n) is 1.85. The van der Waals surface area contributed by atoms with Crippen LogP contribution in [0.4, 0.5) is 31.5 Å². The number of alkyl halides is 6. The minimum Gasteiger partial charge on any atom is -0.357 e. The van der Waals surface area contributed by atoms with Crippen LogP contribution in [0.3, 0.4) is 0 Å². The fourth-order valence-corrected chi connectivity index (χ4v) is 3.28. The van der Waals surface area contributed by atoms with E-state index in [1.54, 1.807) is 12.1 Å². The second-order valence-corrected chi connectivity index (χ2v) is 6.58. The smallest absolute Gasteiger partial charge is 0.357 e. The minimum absolute atomic E-state index is 0.0745. The molecule has 0 aliphatic rings. The summed E-state index contributed by atoms with van der Waals surface area (Å²) < 4.78 is 76.0. The van der Waals surface area contributed by atoms with Gasteiger partial charge < -0.3 is 5.32 Å². The highest BCUT2D eigenvalue weighted by molar-refractivity contribution is 7.15. The molecule has 1 heterocycles. The van der Waals surface area contributed by atoms with E-state index < -0.39 is 23.1 Å². The van der Waals surface area contributed by atoms with Gasteiger partial charge in [-0.1, -0.05) is 29.3 Å². The Morgan fingerprint density at radius 1 is 1.08 bits per heavy atom. The van der Waals surface area contributed by atoms with Gasteiger partial charge in [0.1, 0.15) is 0 Å². The molecule has 0 aliphatic heterocycles. The van der Waals surface area contributed by atoms with Crippen LogP contribution in [-0.4, -0.2) is 17.3 Å². The first-order chi connectivity index (χ1) is 11.0. The molecule has 0 aliphatic carbocycles. The lowest BCUT2D eigenvalue weighted by Gasteiger charge is -2.21. The molecule has 2 aromatic rings. The number of anilines is 1. The van der Waals surface area contributed by atoms with Crippen molar-refractivity contribution < 1.29 is 26.3 Å². The van der Waals surface area contributed by atoms with Crippen LogP contribution in [0, 0.1) is 0 Å². The molecule has 132 valence electrons. The number of benzene rings is 1. The van der Waals surface area contributed by atoms with Gasteiger partial charge in [0.25, 0.3) is 0 Å². The maximum atomic E-state index is 12.7. The molecular formula is C13H8Cl2F6N2S. The molecule has 0 radical (unpaired) electrons. The van der Waals surface area contributed by atoms with Crippen LogP contribution in [0.1, 0.15) is 16.4 Å². The molecule has 0 unspecified atom stereocenters. The summed E-state index contributed by atoms with van der Waals surface area (Å²) in [5, 5.41) is 3.29. The highest BCUT2D eigenvalue weighted by atomic mass is 35.5. The monoisotopic (exact) mass is 408 g/mol. The zero-order chi connectivity index (χ0) is 18.1. The topological polar surface area (TPSA) is 24.9 Å². The predicted octanol–water partition coefficient (Wildman–Crippen LogP) is 6.27. The molecule has 1 N–H and O–H groups in total. The summed E-state index contributed by atoms with van der Waals surface area (Å²) in [6.07, 6.45) is -10.3. The molecule has 2 rings (SSSR count). The van der Waals surface area contributed by atoms with Crippen molar-refractivity contribution in [3.05, 3.63) is 44.9 Å². The van der Waals surface area contributed by atoms with E-state index in [9.17, 15) is 26.3 Å². The lowest BCUT2D eigenvalue weighted by molar-refractivity contribution is -0.252. The molecule has 0 saturated carbocycles. The first kappa shape index (κ1) is 19.1. The van der Waals surface area contributed by atoms with E-state index in [4.69, 9.17) is 23.2 Å². The number of nitrogens with zero attached hydrogens (tertiary/aromatic N) is 1. The van der Waals surface area contributed by atoms with Crippen molar-refractivity contribution in [2.45, 2.75) is 24.8 Å². The van der Waals surface area contributed by atoms with Crippen LogP contribution in [0.15, 0.2) is 24.4 Å². The second-order valence-electron chi connectivity index (χ2n) is 4.67. The number of halogens is 8. The largest absolute Gasteiger partial charge is 0.405 e. The van der Waals surface area contributed by atoms with Crippen LogP contribution < -0.4 is 5.32 Å².